The van der Waals surface area contributed by atoms with E-state index in [0.29, 0.717) is 18.8 Å². The lowest BCUT2D eigenvalue weighted by molar-refractivity contribution is -0.137. The average molecular weight is 273 g/mol. The smallest absolute Gasteiger partial charge is 0.416 e. The van der Waals surface area contributed by atoms with E-state index < -0.39 is 17.7 Å². The van der Waals surface area contributed by atoms with Crippen molar-refractivity contribution in [3.8, 4) is 0 Å². The van der Waals surface area contributed by atoms with Gasteiger partial charge in [0.15, 0.2) is 0 Å². The molecule has 1 aliphatic rings. The highest BCUT2D eigenvalue weighted by atomic mass is 19.4. The van der Waals surface area contributed by atoms with Crippen LogP contribution in [0.25, 0.3) is 0 Å². The number of carbonyl (C=O) groups excluding carboxylic acids is 1. The molecule has 0 N–H and O–H groups in total. The van der Waals surface area contributed by atoms with Crippen LogP contribution in [0.3, 0.4) is 0 Å². The lowest BCUT2D eigenvalue weighted by Gasteiger charge is -2.22. The van der Waals surface area contributed by atoms with Crippen molar-refractivity contribution in [2.75, 3.05) is 25.1 Å². The van der Waals surface area contributed by atoms with Gasteiger partial charge in [0, 0.05) is 13.1 Å². The van der Waals surface area contributed by atoms with Crippen LogP contribution in [0.4, 0.5) is 18.9 Å². The van der Waals surface area contributed by atoms with Gasteiger partial charge in [0.05, 0.1) is 23.9 Å². The van der Waals surface area contributed by atoms with Crippen LogP contribution in [0.2, 0.25) is 0 Å². The van der Waals surface area contributed by atoms with E-state index in [9.17, 15) is 18.0 Å². The molecule has 1 fully saturated rings. The third-order valence-corrected chi connectivity index (χ3v) is 3.18. The first-order valence-electron chi connectivity index (χ1n) is 5.98. The van der Waals surface area contributed by atoms with Crippen molar-refractivity contribution in [3.63, 3.8) is 0 Å². The summed E-state index contributed by atoms with van der Waals surface area (Å²) >= 11 is 0. The molecule has 0 saturated carbocycles. The second kappa shape index (κ2) is 5.11. The number of benzene rings is 1. The summed E-state index contributed by atoms with van der Waals surface area (Å²) in [4.78, 5) is 13.4. The molecule has 1 aliphatic heterocycles. The van der Waals surface area contributed by atoms with Gasteiger partial charge in [0.25, 0.3) is 0 Å². The summed E-state index contributed by atoms with van der Waals surface area (Å²) in [5.41, 5.74) is -0.265. The molecule has 3 nitrogen and oxygen atoms in total. The van der Waals surface area contributed by atoms with E-state index >= 15 is 0 Å². The highest BCUT2D eigenvalue weighted by Crippen LogP contribution is 2.34. The van der Waals surface area contributed by atoms with Crippen molar-refractivity contribution in [3.05, 3.63) is 29.3 Å². The molecule has 1 saturated heterocycles. The van der Waals surface area contributed by atoms with Gasteiger partial charge in [-0.05, 0) is 31.0 Å². The van der Waals surface area contributed by atoms with Gasteiger partial charge in [-0.25, -0.2) is 4.79 Å². The summed E-state index contributed by atoms with van der Waals surface area (Å²) in [6, 6.07) is 3.12. The minimum atomic E-state index is -4.41. The Morgan fingerprint density at radius 2 is 1.89 bits per heavy atom. The van der Waals surface area contributed by atoms with E-state index in [2.05, 4.69) is 4.74 Å². The Labute approximate surface area is 109 Å². The third-order valence-electron chi connectivity index (χ3n) is 3.18. The Kier molecular flexibility index (Phi) is 3.68. The minimum Gasteiger partial charge on any atom is -0.465 e. The highest BCUT2D eigenvalue weighted by molar-refractivity contribution is 5.96. The molecule has 0 radical (unpaired) electrons. The Bertz CT molecular complexity index is 479. The largest absolute Gasteiger partial charge is 0.465 e. The number of ether oxygens (including phenoxy) is 1. The number of halogens is 3. The molecule has 1 aromatic rings. The highest BCUT2D eigenvalue weighted by Gasteiger charge is 2.32. The minimum absolute atomic E-state index is 0.178. The fourth-order valence-electron chi connectivity index (χ4n) is 2.21. The molecule has 1 heterocycles. The maximum Gasteiger partial charge on any atom is 0.416 e. The molecule has 19 heavy (non-hydrogen) atoms. The number of alkyl halides is 3. The summed E-state index contributed by atoms with van der Waals surface area (Å²) in [6.07, 6.45) is -2.59. The van der Waals surface area contributed by atoms with Gasteiger partial charge < -0.3 is 9.64 Å². The number of carbonyl (C=O) groups is 1. The molecule has 0 bridgehead atoms. The van der Waals surface area contributed by atoms with Gasteiger partial charge >= 0.3 is 12.1 Å². The molecular weight excluding hydrogens is 259 g/mol. The first-order chi connectivity index (χ1) is 8.93. The van der Waals surface area contributed by atoms with Crippen LogP contribution in [0.15, 0.2) is 18.2 Å². The van der Waals surface area contributed by atoms with Crippen molar-refractivity contribution >= 4 is 11.7 Å². The summed E-state index contributed by atoms with van der Waals surface area (Å²) in [6.45, 7) is 1.32. The number of anilines is 1. The maximum atomic E-state index is 12.7. The van der Waals surface area contributed by atoms with Crippen LogP contribution in [0, 0.1) is 0 Å². The van der Waals surface area contributed by atoms with Crippen LogP contribution in [-0.4, -0.2) is 26.2 Å². The SMILES string of the molecule is COC(=O)c1ccc(C(F)(F)F)cc1N1CCCC1. The van der Waals surface area contributed by atoms with E-state index in [1.807, 2.05) is 0 Å². The van der Waals surface area contributed by atoms with Crippen LogP contribution < -0.4 is 4.90 Å². The molecule has 0 amide bonds. The molecule has 0 atom stereocenters. The molecule has 0 aromatic heterocycles. The van der Waals surface area contributed by atoms with Gasteiger partial charge in [-0.1, -0.05) is 0 Å². The standard InChI is InChI=1S/C13H14F3NO2/c1-19-12(18)10-5-4-9(13(14,15)16)8-11(10)17-6-2-3-7-17/h4-5,8H,2-3,6-7H2,1H3. The van der Waals surface area contributed by atoms with Crippen LogP contribution in [0.1, 0.15) is 28.8 Å². The van der Waals surface area contributed by atoms with Crippen molar-refractivity contribution < 1.29 is 22.7 Å². The maximum absolute atomic E-state index is 12.7. The van der Waals surface area contributed by atoms with Crippen molar-refractivity contribution in [1.82, 2.24) is 0 Å². The number of hydrogen-bond acceptors (Lipinski definition) is 3. The van der Waals surface area contributed by atoms with Gasteiger partial charge in [-0.2, -0.15) is 13.2 Å². The molecule has 6 heteroatoms. The van der Waals surface area contributed by atoms with Crippen LogP contribution >= 0.6 is 0 Å². The number of rotatable bonds is 2. The lowest BCUT2D eigenvalue weighted by atomic mass is 10.1. The molecule has 2 rings (SSSR count). The average Bonchev–Trinajstić information content (AvgIpc) is 2.89. The zero-order valence-electron chi connectivity index (χ0n) is 10.5. The lowest BCUT2D eigenvalue weighted by Crippen LogP contribution is -2.22. The van der Waals surface area contributed by atoms with Gasteiger partial charge in [0.1, 0.15) is 0 Å². The Balaban J connectivity index is 2.46. The van der Waals surface area contributed by atoms with Gasteiger partial charge in [-0.3, -0.25) is 0 Å². The number of hydrogen-bond donors (Lipinski definition) is 0. The first-order valence-corrected chi connectivity index (χ1v) is 5.98. The number of nitrogens with zero attached hydrogens (tertiary/aromatic N) is 1. The Morgan fingerprint density at radius 3 is 2.42 bits per heavy atom. The number of esters is 1. The van der Waals surface area contributed by atoms with Crippen LogP contribution in [-0.2, 0) is 10.9 Å². The second-order valence-corrected chi connectivity index (χ2v) is 4.42. The molecule has 0 aliphatic carbocycles. The third kappa shape index (κ3) is 2.83. The van der Waals surface area contributed by atoms with Gasteiger partial charge in [-0.15, -0.1) is 0 Å². The van der Waals surface area contributed by atoms with Crippen molar-refractivity contribution in [2.45, 2.75) is 19.0 Å². The van der Waals surface area contributed by atoms with E-state index in [1.165, 1.54) is 13.2 Å². The van der Waals surface area contributed by atoms with E-state index in [4.69, 9.17) is 0 Å². The molecule has 0 unspecified atom stereocenters. The van der Waals surface area contributed by atoms with Gasteiger partial charge in [0.2, 0.25) is 0 Å². The summed E-state index contributed by atoms with van der Waals surface area (Å²) in [5.74, 6) is -0.615. The van der Waals surface area contributed by atoms with E-state index in [1.54, 1.807) is 4.90 Å². The quantitative estimate of drug-likeness (QED) is 0.775. The zero-order chi connectivity index (χ0) is 14.0. The van der Waals surface area contributed by atoms with Crippen LogP contribution in [0.5, 0.6) is 0 Å². The summed E-state index contributed by atoms with van der Waals surface area (Å²) in [7, 11) is 1.22. The Hall–Kier alpha value is -1.72. The summed E-state index contributed by atoms with van der Waals surface area (Å²) in [5, 5.41) is 0. The topological polar surface area (TPSA) is 29.5 Å². The second-order valence-electron chi connectivity index (χ2n) is 4.42. The molecule has 0 spiro atoms. The predicted molar refractivity (Wildman–Crippen MR) is 64.2 cm³/mol. The fourth-order valence-corrected chi connectivity index (χ4v) is 2.21. The molecule has 1 aromatic carbocycles. The summed E-state index contributed by atoms with van der Waals surface area (Å²) < 4.78 is 42.8. The van der Waals surface area contributed by atoms with E-state index in [-0.39, 0.29) is 5.56 Å². The predicted octanol–water partition coefficient (Wildman–Crippen LogP) is 3.09. The first kappa shape index (κ1) is 13.7. The van der Waals surface area contributed by atoms with E-state index in [0.717, 1.165) is 25.0 Å². The fraction of sp³-hybridized carbons (Fsp3) is 0.462. The monoisotopic (exact) mass is 273 g/mol. The molecular formula is C13H14F3NO2. The normalized spacial score (nSPS) is 15.7. The van der Waals surface area contributed by atoms with Crippen molar-refractivity contribution in [1.29, 1.82) is 0 Å². The zero-order valence-corrected chi connectivity index (χ0v) is 10.5. The van der Waals surface area contributed by atoms with Crippen molar-refractivity contribution in [2.24, 2.45) is 0 Å². The Morgan fingerprint density at radius 1 is 1.26 bits per heavy atom. The molecule has 104 valence electrons. The number of methoxy groups -OCH3 is 1.